The van der Waals surface area contributed by atoms with Gasteiger partial charge in [-0.1, -0.05) is 105 Å². The Bertz CT molecular complexity index is 1540. The summed E-state index contributed by atoms with van der Waals surface area (Å²) in [4.78, 5) is 44.0. The van der Waals surface area contributed by atoms with Crippen LogP contribution >= 0.6 is 0 Å². The van der Waals surface area contributed by atoms with E-state index in [0.717, 1.165) is 24.0 Å². The molecule has 0 aliphatic rings. The minimum absolute atomic E-state index is 0.144. The van der Waals surface area contributed by atoms with Gasteiger partial charge in [0.05, 0.1) is 18.2 Å². The minimum Gasteiger partial charge on any atom is -0.481 e. The van der Waals surface area contributed by atoms with Gasteiger partial charge in [-0.2, -0.15) is 0 Å². The molecule has 2 amide bonds. The molecule has 0 radical (unpaired) electrons. The van der Waals surface area contributed by atoms with Crippen LogP contribution < -0.4 is 15.5 Å². The van der Waals surface area contributed by atoms with Crippen molar-refractivity contribution in [2.45, 2.75) is 51.5 Å². The molecule has 3 aromatic carbocycles. The van der Waals surface area contributed by atoms with E-state index in [-0.39, 0.29) is 18.2 Å². The Hall–Kier alpha value is -4.98. The van der Waals surface area contributed by atoms with Crippen LogP contribution in [0.4, 0.5) is 16.3 Å². The molecule has 0 bridgehead atoms. The second-order valence-electron chi connectivity index (χ2n) is 10.7. The van der Waals surface area contributed by atoms with Crippen molar-refractivity contribution in [2.75, 3.05) is 23.8 Å². The molecule has 1 unspecified atom stereocenters. The van der Waals surface area contributed by atoms with Gasteiger partial charge in [0.1, 0.15) is 5.82 Å². The molecule has 44 heavy (non-hydrogen) atoms. The molecule has 3 N–H and O–H groups in total. The highest BCUT2D eigenvalue weighted by Gasteiger charge is 2.20. The van der Waals surface area contributed by atoms with Gasteiger partial charge in [0.2, 0.25) is 0 Å². The van der Waals surface area contributed by atoms with E-state index in [9.17, 15) is 19.5 Å². The molecule has 228 valence electrons. The van der Waals surface area contributed by atoms with Gasteiger partial charge < -0.3 is 15.7 Å². The van der Waals surface area contributed by atoms with Gasteiger partial charge >= 0.3 is 12.0 Å². The van der Waals surface area contributed by atoms with Gasteiger partial charge in [-0.3, -0.25) is 14.5 Å². The van der Waals surface area contributed by atoms with E-state index >= 15 is 0 Å². The lowest BCUT2D eigenvalue weighted by Gasteiger charge is -2.21. The Morgan fingerprint density at radius 3 is 2.25 bits per heavy atom. The number of hydrogen-bond donors (Lipinski definition) is 3. The van der Waals surface area contributed by atoms with Crippen molar-refractivity contribution < 1.29 is 19.5 Å². The van der Waals surface area contributed by atoms with Crippen molar-refractivity contribution >= 4 is 29.3 Å². The summed E-state index contributed by atoms with van der Waals surface area (Å²) >= 11 is 0. The first kappa shape index (κ1) is 31.9. The maximum Gasteiger partial charge on any atom is 0.322 e. The third kappa shape index (κ3) is 8.77. The van der Waals surface area contributed by atoms with E-state index in [1.54, 1.807) is 43.4 Å². The van der Waals surface area contributed by atoms with Crippen molar-refractivity contribution in [1.29, 1.82) is 0 Å². The van der Waals surface area contributed by atoms with E-state index in [2.05, 4.69) is 17.6 Å². The lowest BCUT2D eigenvalue weighted by Crippen LogP contribution is -2.38. The first-order chi connectivity index (χ1) is 21.4. The monoisotopic (exact) mass is 592 g/mol. The number of para-hydroxylation sites is 1. The van der Waals surface area contributed by atoms with Gasteiger partial charge in [0, 0.05) is 36.0 Å². The maximum atomic E-state index is 13.2. The number of unbranched alkanes of at least 4 members (excludes halogenated alkanes) is 4. The number of anilines is 2. The smallest absolute Gasteiger partial charge is 0.322 e. The number of carboxylic acids is 1. The Morgan fingerprint density at radius 2 is 1.52 bits per heavy atom. The molecular weight excluding hydrogens is 552 g/mol. The molecule has 0 spiro atoms. The summed E-state index contributed by atoms with van der Waals surface area (Å²) < 4.78 is 0. The van der Waals surface area contributed by atoms with Crippen LogP contribution in [-0.2, 0) is 4.79 Å². The Labute approximate surface area is 259 Å². The highest BCUT2D eigenvalue weighted by atomic mass is 16.4. The molecule has 1 heterocycles. The number of aromatic nitrogens is 1. The summed E-state index contributed by atoms with van der Waals surface area (Å²) in [6, 6.07) is 28.4. The van der Waals surface area contributed by atoms with Gasteiger partial charge in [-0.05, 0) is 36.2 Å². The molecule has 1 atom stereocenters. The average molecular weight is 593 g/mol. The van der Waals surface area contributed by atoms with Crippen molar-refractivity contribution in [2.24, 2.45) is 0 Å². The van der Waals surface area contributed by atoms with Crippen LogP contribution in [0, 0.1) is 0 Å². The summed E-state index contributed by atoms with van der Waals surface area (Å²) in [7, 11) is 1.70. The zero-order chi connectivity index (χ0) is 31.3. The van der Waals surface area contributed by atoms with Crippen LogP contribution in [0.25, 0.3) is 11.3 Å². The number of carbonyl (C=O) groups is 3. The number of rotatable bonds is 15. The fourth-order valence-corrected chi connectivity index (χ4v) is 4.97. The number of nitrogens with zero attached hydrogens (tertiary/aromatic N) is 2. The predicted octanol–water partition coefficient (Wildman–Crippen LogP) is 7.72. The Morgan fingerprint density at radius 1 is 0.818 bits per heavy atom. The number of aliphatic carboxylic acids is 1. The molecule has 8 nitrogen and oxygen atoms in total. The van der Waals surface area contributed by atoms with Crippen molar-refractivity contribution in [1.82, 2.24) is 10.3 Å². The fourth-order valence-electron chi connectivity index (χ4n) is 4.97. The second kappa shape index (κ2) is 16.0. The van der Waals surface area contributed by atoms with Crippen molar-refractivity contribution in [3.63, 3.8) is 0 Å². The number of ketones is 1. The zero-order valence-electron chi connectivity index (χ0n) is 25.3. The lowest BCUT2D eigenvalue weighted by atomic mass is 9.98. The fraction of sp³-hybridized carbons (Fsp3) is 0.278. The van der Waals surface area contributed by atoms with Gasteiger partial charge in [-0.25, -0.2) is 9.78 Å². The van der Waals surface area contributed by atoms with Crippen molar-refractivity contribution in [3.05, 3.63) is 114 Å². The van der Waals surface area contributed by atoms with Crippen LogP contribution in [0.5, 0.6) is 0 Å². The first-order valence-electron chi connectivity index (χ1n) is 15.1. The third-order valence-electron chi connectivity index (χ3n) is 7.46. The second-order valence-corrected chi connectivity index (χ2v) is 10.7. The van der Waals surface area contributed by atoms with E-state index in [4.69, 9.17) is 4.98 Å². The van der Waals surface area contributed by atoms with Crippen LogP contribution in [-0.4, -0.2) is 41.5 Å². The van der Waals surface area contributed by atoms with E-state index in [1.165, 1.54) is 24.2 Å². The standard InChI is InChI=1S/C36H40N4O4/c1-3-4-5-6-12-24-37-36(44)40(2)33-19-13-18-30(39-33)26-20-22-27(23-21-26)32(25-34(41)42)38-31-17-11-10-16-29(31)35(43)28-14-8-7-9-15-28/h7-11,13-23,32,38H,3-6,12,24-25H2,1-2H3,(H,37,44)(H,41,42). The van der Waals surface area contributed by atoms with Gasteiger partial charge in [0.15, 0.2) is 5.78 Å². The van der Waals surface area contributed by atoms with Crippen molar-refractivity contribution in [3.8, 4) is 11.3 Å². The number of carboxylic acid groups (broad SMARTS) is 1. The summed E-state index contributed by atoms with van der Waals surface area (Å²) in [5, 5.41) is 16.0. The summed E-state index contributed by atoms with van der Waals surface area (Å²) in [5.41, 5.74) is 3.86. The van der Waals surface area contributed by atoms with Crippen LogP contribution in [0.3, 0.4) is 0 Å². The normalized spacial score (nSPS) is 11.4. The Kier molecular flexibility index (Phi) is 11.6. The van der Waals surface area contributed by atoms with Crippen LogP contribution in [0.2, 0.25) is 0 Å². The van der Waals surface area contributed by atoms with E-state index < -0.39 is 12.0 Å². The highest BCUT2D eigenvalue weighted by molar-refractivity contribution is 6.12. The molecule has 0 aliphatic heterocycles. The van der Waals surface area contributed by atoms with E-state index in [1.807, 2.05) is 60.7 Å². The summed E-state index contributed by atoms with van der Waals surface area (Å²) in [6.45, 7) is 2.81. The van der Waals surface area contributed by atoms with E-state index in [0.29, 0.717) is 34.9 Å². The summed E-state index contributed by atoms with van der Waals surface area (Å²) in [6.07, 6.45) is 5.45. The third-order valence-corrected chi connectivity index (χ3v) is 7.46. The number of hydrogen-bond acceptors (Lipinski definition) is 5. The van der Waals surface area contributed by atoms with Crippen LogP contribution in [0.1, 0.15) is 73.0 Å². The summed E-state index contributed by atoms with van der Waals surface area (Å²) in [5.74, 6) is -0.579. The SMILES string of the molecule is CCCCCCCNC(=O)N(C)c1cccc(-c2ccc(C(CC(=O)O)Nc3ccccc3C(=O)c3ccccc3)cc2)n1. The van der Waals surface area contributed by atoms with Crippen LogP contribution in [0.15, 0.2) is 97.1 Å². The van der Waals surface area contributed by atoms with Gasteiger partial charge in [0.25, 0.3) is 0 Å². The maximum absolute atomic E-state index is 13.2. The number of pyridine rings is 1. The lowest BCUT2D eigenvalue weighted by molar-refractivity contribution is -0.137. The number of benzene rings is 3. The first-order valence-corrected chi connectivity index (χ1v) is 15.1. The quantitative estimate of drug-likeness (QED) is 0.0962. The molecule has 0 saturated carbocycles. The number of nitrogens with one attached hydrogen (secondary N) is 2. The molecule has 8 heteroatoms. The van der Waals surface area contributed by atoms with Gasteiger partial charge in [-0.15, -0.1) is 0 Å². The minimum atomic E-state index is -0.963. The molecule has 0 aliphatic carbocycles. The molecular formula is C36H40N4O4. The largest absolute Gasteiger partial charge is 0.481 e. The molecule has 0 fully saturated rings. The molecule has 0 saturated heterocycles. The Balaban J connectivity index is 1.48. The predicted molar refractivity (Wildman–Crippen MR) is 175 cm³/mol. The number of urea groups is 1. The molecule has 1 aromatic heterocycles. The highest BCUT2D eigenvalue weighted by Crippen LogP contribution is 2.29. The number of carbonyl (C=O) groups excluding carboxylic acids is 2. The molecule has 4 rings (SSSR count). The number of amides is 2. The molecule has 4 aromatic rings. The zero-order valence-corrected chi connectivity index (χ0v) is 25.3. The average Bonchev–Trinajstić information content (AvgIpc) is 3.06. The topological polar surface area (TPSA) is 112 Å².